The highest BCUT2D eigenvalue weighted by Crippen LogP contribution is 2.11. The number of amides is 1. The largest absolute Gasteiger partial charge is 0.352 e. The van der Waals surface area contributed by atoms with E-state index < -0.39 is 19.9 Å². The van der Waals surface area contributed by atoms with Crippen molar-refractivity contribution < 1.29 is 21.6 Å². The summed E-state index contributed by atoms with van der Waals surface area (Å²) >= 11 is 0. The topological polar surface area (TPSA) is 104 Å². The molecule has 0 bridgehead atoms. The molecule has 1 unspecified atom stereocenters. The Morgan fingerprint density at radius 3 is 2.35 bits per heavy atom. The maximum Gasteiger partial charge on any atom is 0.221 e. The van der Waals surface area contributed by atoms with Gasteiger partial charge in [-0.25, -0.2) is 21.1 Å². The summed E-state index contributed by atoms with van der Waals surface area (Å²) in [5.74, 6) is -0.247. The minimum Gasteiger partial charge on any atom is -0.352 e. The molecule has 0 aromatic heterocycles. The smallest absolute Gasteiger partial charge is 0.221 e. The van der Waals surface area contributed by atoms with Gasteiger partial charge in [0.05, 0.1) is 17.8 Å². The van der Waals surface area contributed by atoms with E-state index in [1.54, 1.807) is 0 Å². The van der Waals surface area contributed by atoms with Crippen molar-refractivity contribution in [2.24, 2.45) is 0 Å². The maximum atomic E-state index is 11.9. The van der Waals surface area contributed by atoms with Crippen LogP contribution in [0.15, 0.2) is 0 Å². The Kier molecular flexibility index (Phi) is 7.43. The minimum atomic E-state index is -3.37. The maximum absolute atomic E-state index is 11.9. The van der Waals surface area contributed by atoms with Gasteiger partial charge in [0.25, 0.3) is 0 Å². The molecule has 1 heterocycles. The lowest BCUT2D eigenvalue weighted by molar-refractivity contribution is -0.121. The predicted molar refractivity (Wildman–Crippen MR) is 89.4 cm³/mol. The van der Waals surface area contributed by atoms with Gasteiger partial charge in [0, 0.05) is 25.6 Å². The summed E-state index contributed by atoms with van der Waals surface area (Å²) in [6.45, 7) is 1.23. The Balaban J connectivity index is 2.43. The number of carbonyl (C=O) groups excluding carboxylic acids is 1. The Morgan fingerprint density at radius 2 is 1.87 bits per heavy atom. The van der Waals surface area contributed by atoms with Crippen molar-refractivity contribution in [1.82, 2.24) is 14.5 Å². The molecule has 1 fully saturated rings. The summed E-state index contributed by atoms with van der Waals surface area (Å²) in [6.07, 6.45) is 2.27. The predicted octanol–water partition coefficient (Wildman–Crippen LogP) is -1.11. The summed E-state index contributed by atoms with van der Waals surface area (Å²) in [4.78, 5) is 13.9. The number of sulfonamides is 1. The van der Waals surface area contributed by atoms with Crippen LogP contribution in [0.1, 0.15) is 19.3 Å². The molecule has 1 rings (SSSR count). The van der Waals surface area contributed by atoms with Gasteiger partial charge in [-0.2, -0.15) is 0 Å². The fraction of sp³-hybridized carbons (Fsp3) is 0.923. The lowest BCUT2D eigenvalue weighted by Gasteiger charge is -2.21. The van der Waals surface area contributed by atoms with Crippen LogP contribution < -0.4 is 5.32 Å². The standard InChI is InChI=1S/C13H27N3O5S2/c1-15(2)7-4-8-16(22(3,18)19)9-5-13(17)14-12-6-10-23(20,21)11-12/h12H,4-11H2,1-3H3,(H,14,17). The second-order valence-electron chi connectivity index (χ2n) is 6.24. The SMILES string of the molecule is CN(C)CCCN(CCC(=O)NC1CCS(=O)(=O)C1)S(C)(=O)=O. The molecular weight excluding hydrogens is 342 g/mol. The summed E-state index contributed by atoms with van der Waals surface area (Å²) in [6, 6.07) is -0.354. The fourth-order valence-electron chi connectivity index (χ4n) is 2.44. The summed E-state index contributed by atoms with van der Waals surface area (Å²) < 4.78 is 47.5. The van der Waals surface area contributed by atoms with E-state index >= 15 is 0 Å². The number of rotatable bonds is 9. The average Bonchev–Trinajstić information content (AvgIpc) is 2.70. The normalized spacial score (nSPS) is 21.0. The first-order valence-corrected chi connectivity index (χ1v) is 11.3. The molecule has 10 heteroatoms. The molecule has 0 spiro atoms. The Labute approximate surface area is 139 Å². The van der Waals surface area contributed by atoms with E-state index in [-0.39, 0.29) is 36.4 Å². The van der Waals surface area contributed by atoms with E-state index in [0.29, 0.717) is 19.4 Å². The van der Waals surface area contributed by atoms with Crippen LogP contribution in [0, 0.1) is 0 Å². The summed E-state index contributed by atoms with van der Waals surface area (Å²) in [7, 11) is -2.59. The van der Waals surface area contributed by atoms with Crippen LogP contribution in [0.5, 0.6) is 0 Å². The summed E-state index contributed by atoms with van der Waals surface area (Å²) in [5, 5.41) is 2.67. The van der Waals surface area contributed by atoms with Gasteiger partial charge in [-0.3, -0.25) is 4.79 Å². The number of sulfone groups is 1. The molecule has 0 saturated carbocycles. The van der Waals surface area contributed by atoms with Crippen LogP contribution in [-0.2, 0) is 24.7 Å². The van der Waals surface area contributed by atoms with Crippen molar-refractivity contribution in [1.29, 1.82) is 0 Å². The molecule has 23 heavy (non-hydrogen) atoms. The van der Waals surface area contributed by atoms with E-state index in [1.807, 2.05) is 19.0 Å². The first-order chi connectivity index (χ1) is 10.5. The quantitative estimate of drug-likeness (QED) is 0.553. The molecule has 136 valence electrons. The lowest BCUT2D eigenvalue weighted by Crippen LogP contribution is -2.39. The van der Waals surface area contributed by atoms with Crippen molar-refractivity contribution >= 4 is 25.8 Å². The highest BCUT2D eigenvalue weighted by atomic mass is 32.2. The monoisotopic (exact) mass is 369 g/mol. The molecule has 0 aromatic rings. The van der Waals surface area contributed by atoms with E-state index in [4.69, 9.17) is 0 Å². The Hall–Kier alpha value is -0.710. The molecule has 1 N–H and O–H groups in total. The first-order valence-electron chi connectivity index (χ1n) is 7.59. The van der Waals surface area contributed by atoms with Gasteiger partial charge in [0.2, 0.25) is 15.9 Å². The zero-order chi connectivity index (χ0) is 17.7. The van der Waals surface area contributed by atoms with Crippen molar-refractivity contribution in [2.45, 2.75) is 25.3 Å². The van der Waals surface area contributed by atoms with E-state index in [1.165, 1.54) is 4.31 Å². The van der Waals surface area contributed by atoms with Crippen molar-refractivity contribution in [2.75, 3.05) is 51.5 Å². The van der Waals surface area contributed by atoms with Gasteiger partial charge in [0.15, 0.2) is 9.84 Å². The zero-order valence-electron chi connectivity index (χ0n) is 14.0. The molecule has 0 radical (unpaired) electrons. The minimum absolute atomic E-state index is 0.0304. The molecule has 1 aliphatic heterocycles. The van der Waals surface area contributed by atoms with Crippen molar-refractivity contribution in [3.63, 3.8) is 0 Å². The molecular formula is C13H27N3O5S2. The van der Waals surface area contributed by atoms with Crippen LogP contribution in [0.2, 0.25) is 0 Å². The number of carbonyl (C=O) groups is 1. The van der Waals surface area contributed by atoms with E-state index in [9.17, 15) is 21.6 Å². The average molecular weight is 370 g/mol. The van der Waals surface area contributed by atoms with Gasteiger partial charge < -0.3 is 10.2 Å². The molecule has 1 atom stereocenters. The second kappa shape index (κ2) is 8.41. The third kappa shape index (κ3) is 8.09. The number of hydrogen-bond donors (Lipinski definition) is 1. The van der Waals surface area contributed by atoms with Gasteiger partial charge in [-0.15, -0.1) is 0 Å². The number of nitrogens with one attached hydrogen (secondary N) is 1. The highest BCUT2D eigenvalue weighted by Gasteiger charge is 2.29. The zero-order valence-corrected chi connectivity index (χ0v) is 15.6. The van der Waals surface area contributed by atoms with Gasteiger partial charge in [-0.1, -0.05) is 0 Å². The lowest BCUT2D eigenvalue weighted by atomic mass is 10.2. The molecule has 1 saturated heterocycles. The molecule has 0 aliphatic carbocycles. The first kappa shape index (κ1) is 20.3. The fourth-order valence-corrected chi connectivity index (χ4v) is 5.00. The molecule has 0 aromatic carbocycles. The highest BCUT2D eigenvalue weighted by molar-refractivity contribution is 7.91. The van der Waals surface area contributed by atoms with Gasteiger partial charge in [-0.05, 0) is 33.5 Å². The molecule has 1 amide bonds. The molecule has 1 aliphatic rings. The Morgan fingerprint density at radius 1 is 1.22 bits per heavy atom. The van der Waals surface area contributed by atoms with Crippen LogP contribution in [0.3, 0.4) is 0 Å². The molecule has 8 nitrogen and oxygen atoms in total. The van der Waals surface area contributed by atoms with Crippen LogP contribution in [0.4, 0.5) is 0 Å². The second-order valence-corrected chi connectivity index (χ2v) is 10.4. The number of nitrogens with zero attached hydrogens (tertiary/aromatic N) is 2. The van der Waals surface area contributed by atoms with Crippen LogP contribution in [0.25, 0.3) is 0 Å². The van der Waals surface area contributed by atoms with Gasteiger partial charge >= 0.3 is 0 Å². The van der Waals surface area contributed by atoms with Crippen molar-refractivity contribution in [3.05, 3.63) is 0 Å². The van der Waals surface area contributed by atoms with E-state index in [2.05, 4.69) is 5.32 Å². The van der Waals surface area contributed by atoms with Crippen molar-refractivity contribution in [3.8, 4) is 0 Å². The Bertz CT molecular complexity index is 601. The van der Waals surface area contributed by atoms with Crippen LogP contribution >= 0.6 is 0 Å². The van der Waals surface area contributed by atoms with Crippen LogP contribution in [-0.4, -0.2) is 89.5 Å². The third-order valence-corrected chi connectivity index (χ3v) is 6.74. The van der Waals surface area contributed by atoms with Gasteiger partial charge in [0.1, 0.15) is 0 Å². The number of hydrogen-bond acceptors (Lipinski definition) is 6. The van der Waals surface area contributed by atoms with E-state index in [0.717, 1.165) is 12.8 Å². The summed E-state index contributed by atoms with van der Waals surface area (Å²) in [5.41, 5.74) is 0. The third-order valence-electron chi connectivity index (χ3n) is 3.67.